The van der Waals surface area contributed by atoms with Gasteiger partial charge in [-0.3, -0.25) is 0 Å². The van der Waals surface area contributed by atoms with Crippen LogP contribution >= 0.6 is 11.3 Å². The molecule has 1 aliphatic carbocycles. The quantitative estimate of drug-likeness (QED) is 0.780. The van der Waals surface area contributed by atoms with E-state index in [2.05, 4.69) is 29.8 Å². The van der Waals surface area contributed by atoms with Gasteiger partial charge in [0, 0.05) is 11.4 Å². The Morgan fingerprint density at radius 1 is 1.71 bits per heavy atom. The van der Waals surface area contributed by atoms with Crippen molar-refractivity contribution in [2.24, 2.45) is 17.6 Å². The SMILES string of the molecule is CC1CC1CNCC(N)c1cccs1. The third-order valence-electron chi connectivity index (χ3n) is 2.96. The van der Waals surface area contributed by atoms with Crippen molar-refractivity contribution < 1.29 is 0 Å². The van der Waals surface area contributed by atoms with Gasteiger partial charge in [-0.15, -0.1) is 11.3 Å². The zero-order valence-electron chi connectivity index (χ0n) is 8.57. The first-order valence-electron chi connectivity index (χ1n) is 5.27. The van der Waals surface area contributed by atoms with Gasteiger partial charge >= 0.3 is 0 Å². The minimum absolute atomic E-state index is 0.170. The first kappa shape index (κ1) is 10.1. The first-order valence-corrected chi connectivity index (χ1v) is 6.15. The Labute approximate surface area is 89.5 Å². The summed E-state index contributed by atoms with van der Waals surface area (Å²) < 4.78 is 0. The van der Waals surface area contributed by atoms with Crippen molar-refractivity contribution >= 4 is 11.3 Å². The second kappa shape index (κ2) is 4.43. The summed E-state index contributed by atoms with van der Waals surface area (Å²) in [5, 5.41) is 5.53. The molecule has 14 heavy (non-hydrogen) atoms. The zero-order valence-corrected chi connectivity index (χ0v) is 9.39. The summed E-state index contributed by atoms with van der Waals surface area (Å²) in [5.74, 6) is 1.84. The highest BCUT2D eigenvalue weighted by Crippen LogP contribution is 2.36. The van der Waals surface area contributed by atoms with E-state index in [1.807, 2.05) is 0 Å². The van der Waals surface area contributed by atoms with Gasteiger partial charge in [0.25, 0.3) is 0 Å². The maximum Gasteiger partial charge on any atom is 0.0516 e. The fourth-order valence-corrected chi connectivity index (χ4v) is 2.44. The molecule has 1 fully saturated rings. The molecule has 78 valence electrons. The highest BCUT2D eigenvalue weighted by molar-refractivity contribution is 7.10. The van der Waals surface area contributed by atoms with Crippen LogP contribution in [0.4, 0.5) is 0 Å². The lowest BCUT2D eigenvalue weighted by molar-refractivity contribution is 0.565. The van der Waals surface area contributed by atoms with E-state index in [-0.39, 0.29) is 6.04 Å². The van der Waals surface area contributed by atoms with E-state index in [4.69, 9.17) is 5.73 Å². The molecule has 3 unspecified atom stereocenters. The van der Waals surface area contributed by atoms with Crippen LogP contribution in [0.15, 0.2) is 17.5 Å². The third-order valence-corrected chi connectivity index (χ3v) is 3.96. The van der Waals surface area contributed by atoms with Crippen LogP contribution < -0.4 is 11.1 Å². The second-order valence-electron chi connectivity index (χ2n) is 4.25. The van der Waals surface area contributed by atoms with Crippen molar-refractivity contribution in [1.82, 2.24) is 5.32 Å². The van der Waals surface area contributed by atoms with Gasteiger partial charge in [0.15, 0.2) is 0 Å². The predicted molar refractivity (Wildman–Crippen MR) is 61.4 cm³/mol. The molecule has 3 atom stereocenters. The van der Waals surface area contributed by atoms with Crippen LogP contribution in [-0.2, 0) is 0 Å². The number of nitrogens with two attached hydrogens (primary N) is 1. The van der Waals surface area contributed by atoms with Crippen molar-refractivity contribution in [2.45, 2.75) is 19.4 Å². The molecule has 0 spiro atoms. The molecule has 1 aromatic rings. The summed E-state index contributed by atoms with van der Waals surface area (Å²) in [7, 11) is 0. The summed E-state index contributed by atoms with van der Waals surface area (Å²) in [6.07, 6.45) is 1.39. The molecule has 3 heteroatoms. The lowest BCUT2D eigenvalue weighted by Gasteiger charge is -2.10. The summed E-state index contributed by atoms with van der Waals surface area (Å²) in [6, 6.07) is 4.34. The lowest BCUT2D eigenvalue weighted by Crippen LogP contribution is -2.28. The average molecular weight is 210 g/mol. The van der Waals surface area contributed by atoms with Gasteiger partial charge in [-0.1, -0.05) is 13.0 Å². The molecular weight excluding hydrogens is 192 g/mol. The molecule has 2 nitrogen and oxygen atoms in total. The maximum absolute atomic E-state index is 6.03. The number of hydrogen-bond acceptors (Lipinski definition) is 3. The van der Waals surface area contributed by atoms with Crippen molar-refractivity contribution in [1.29, 1.82) is 0 Å². The molecule has 1 heterocycles. The smallest absolute Gasteiger partial charge is 0.0516 e. The second-order valence-corrected chi connectivity index (χ2v) is 5.23. The Hall–Kier alpha value is -0.380. The van der Waals surface area contributed by atoms with Gasteiger partial charge in [0.1, 0.15) is 0 Å². The summed E-state index contributed by atoms with van der Waals surface area (Å²) in [6.45, 7) is 4.36. The highest BCUT2D eigenvalue weighted by atomic mass is 32.1. The normalized spacial score (nSPS) is 27.6. The van der Waals surface area contributed by atoms with Crippen molar-refractivity contribution in [3.05, 3.63) is 22.4 Å². The average Bonchev–Trinajstić information content (AvgIpc) is 2.72. The van der Waals surface area contributed by atoms with E-state index in [0.29, 0.717) is 0 Å². The Bertz CT molecular complexity index is 271. The molecule has 0 radical (unpaired) electrons. The van der Waals surface area contributed by atoms with Gasteiger partial charge in [0.05, 0.1) is 6.04 Å². The number of hydrogen-bond donors (Lipinski definition) is 2. The molecule has 0 bridgehead atoms. The van der Waals surface area contributed by atoms with Gasteiger partial charge in [0.2, 0.25) is 0 Å². The van der Waals surface area contributed by atoms with E-state index < -0.39 is 0 Å². The molecule has 1 aromatic heterocycles. The molecule has 1 saturated carbocycles. The summed E-state index contributed by atoms with van der Waals surface area (Å²) in [4.78, 5) is 1.28. The predicted octanol–water partition coefficient (Wildman–Crippen LogP) is 1.99. The van der Waals surface area contributed by atoms with Crippen LogP contribution in [0.5, 0.6) is 0 Å². The van der Waals surface area contributed by atoms with Crippen molar-refractivity contribution in [3.63, 3.8) is 0 Å². The molecule has 0 amide bonds. The Kier molecular flexibility index (Phi) is 3.21. The molecule has 0 aromatic carbocycles. The molecule has 2 rings (SSSR count). The Morgan fingerprint density at radius 2 is 2.50 bits per heavy atom. The number of nitrogens with one attached hydrogen (secondary N) is 1. The van der Waals surface area contributed by atoms with Crippen molar-refractivity contribution in [2.75, 3.05) is 13.1 Å². The van der Waals surface area contributed by atoms with Crippen LogP contribution in [0.2, 0.25) is 0 Å². The molecular formula is C11H18N2S. The Balaban J connectivity index is 1.65. The fraction of sp³-hybridized carbons (Fsp3) is 0.636. The summed E-state index contributed by atoms with van der Waals surface area (Å²) >= 11 is 1.74. The van der Waals surface area contributed by atoms with Crippen LogP contribution in [-0.4, -0.2) is 13.1 Å². The fourth-order valence-electron chi connectivity index (χ4n) is 1.71. The monoisotopic (exact) mass is 210 g/mol. The topological polar surface area (TPSA) is 38.0 Å². The van der Waals surface area contributed by atoms with E-state index >= 15 is 0 Å². The standard InChI is InChI=1S/C11H18N2S/c1-8-5-9(8)6-13-7-10(12)11-3-2-4-14-11/h2-4,8-10,13H,5-7,12H2,1H3. The minimum atomic E-state index is 0.170. The van der Waals surface area contributed by atoms with Crippen LogP contribution in [0.25, 0.3) is 0 Å². The lowest BCUT2D eigenvalue weighted by atomic mass is 10.2. The number of rotatable bonds is 5. The molecule has 0 saturated heterocycles. The zero-order chi connectivity index (χ0) is 9.97. The van der Waals surface area contributed by atoms with E-state index in [1.54, 1.807) is 11.3 Å². The van der Waals surface area contributed by atoms with Crippen molar-refractivity contribution in [3.8, 4) is 0 Å². The van der Waals surface area contributed by atoms with Crippen LogP contribution in [0.3, 0.4) is 0 Å². The number of thiophene rings is 1. The first-order chi connectivity index (χ1) is 6.77. The molecule has 0 aliphatic heterocycles. The Morgan fingerprint density at radius 3 is 3.07 bits per heavy atom. The summed E-state index contributed by atoms with van der Waals surface area (Å²) in [5.41, 5.74) is 6.03. The van der Waals surface area contributed by atoms with E-state index in [9.17, 15) is 0 Å². The van der Waals surface area contributed by atoms with Gasteiger partial charge in [-0.25, -0.2) is 0 Å². The van der Waals surface area contributed by atoms with Crippen LogP contribution in [0.1, 0.15) is 24.3 Å². The van der Waals surface area contributed by atoms with Crippen LogP contribution in [0, 0.1) is 11.8 Å². The highest BCUT2D eigenvalue weighted by Gasteiger charge is 2.31. The van der Waals surface area contributed by atoms with Gasteiger partial charge in [-0.2, -0.15) is 0 Å². The molecule has 1 aliphatic rings. The largest absolute Gasteiger partial charge is 0.322 e. The minimum Gasteiger partial charge on any atom is -0.322 e. The maximum atomic E-state index is 6.03. The van der Waals surface area contributed by atoms with Gasteiger partial charge in [-0.05, 0) is 36.2 Å². The van der Waals surface area contributed by atoms with Gasteiger partial charge < -0.3 is 11.1 Å². The third kappa shape index (κ3) is 2.56. The van der Waals surface area contributed by atoms with E-state index in [1.165, 1.54) is 11.3 Å². The molecule has 3 N–H and O–H groups in total. The van der Waals surface area contributed by atoms with E-state index in [0.717, 1.165) is 24.9 Å².